The molecule has 0 amide bonds. The molecule has 0 saturated carbocycles. The molecule has 6 atom stereocenters. The topological polar surface area (TPSA) is 30.0 Å². The Hall–Kier alpha value is -1.10. The van der Waals surface area contributed by atoms with Crippen molar-refractivity contribution in [2.75, 3.05) is 39.3 Å². The quantitative estimate of drug-likeness (QED) is 0.0710. The Morgan fingerprint density at radius 3 is 0.754 bits per heavy atom. The van der Waals surface area contributed by atoms with Crippen molar-refractivity contribution < 1.29 is 5.11 Å². The minimum atomic E-state index is 0.598. The largest absolute Gasteiger partial charge is 0.507 e. The van der Waals surface area contributed by atoms with Crippen LogP contribution < -0.4 is 0 Å². The zero-order valence-corrected chi connectivity index (χ0v) is 43.7. The number of phenols is 1. The summed E-state index contributed by atoms with van der Waals surface area (Å²) in [7, 11) is 0. The van der Waals surface area contributed by atoms with E-state index in [1.807, 2.05) is 0 Å². The highest BCUT2D eigenvalue weighted by atomic mass is 16.3. The van der Waals surface area contributed by atoms with Gasteiger partial charge in [-0.25, -0.2) is 0 Å². The van der Waals surface area contributed by atoms with Gasteiger partial charge in [0.15, 0.2) is 0 Å². The Morgan fingerprint density at radius 2 is 0.557 bits per heavy atom. The van der Waals surface area contributed by atoms with Crippen molar-refractivity contribution in [3.8, 4) is 5.75 Å². The average molecular weight is 855 g/mol. The zero-order valence-electron chi connectivity index (χ0n) is 43.7. The van der Waals surface area contributed by atoms with E-state index in [0.29, 0.717) is 29.4 Å². The predicted octanol–water partition coefficient (Wildman–Crippen LogP) is 17.1. The summed E-state index contributed by atoms with van der Waals surface area (Å²) >= 11 is 0. The van der Waals surface area contributed by atoms with Gasteiger partial charge in [0.2, 0.25) is 0 Å². The molecule has 1 aromatic carbocycles. The molecule has 0 unspecified atom stereocenters. The molecular weight excluding hydrogens is 743 g/mol. The number of benzene rings is 1. The van der Waals surface area contributed by atoms with Gasteiger partial charge in [-0.15, -0.1) is 0 Å². The summed E-state index contributed by atoms with van der Waals surface area (Å²) in [6.07, 6.45) is 31.0. The van der Waals surface area contributed by atoms with Crippen LogP contribution in [0.15, 0.2) is 12.1 Å². The Bertz CT molecular complexity index is 1020. The Morgan fingerprint density at radius 1 is 0.344 bits per heavy atom. The summed E-state index contributed by atoms with van der Waals surface area (Å²) in [6, 6.07) is 4.96. The minimum absolute atomic E-state index is 0.598. The van der Waals surface area contributed by atoms with Gasteiger partial charge < -0.3 is 5.11 Å². The fourth-order valence-electron chi connectivity index (χ4n) is 10.2. The lowest BCUT2D eigenvalue weighted by Crippen LogP contribution is -2.35. The standard InChI is InChI=1S/C57H111N3O/c1-13-25-31-48(19-7)39-58(40-49(20-8)32-26-14-2)45-54-37-55(46-59(41-50(21-9)33-27-15-3)42-51(22-10)34-28-16-4)57(61)56(38-54)47-60(43-52(23-11)35-29-17-5)44-53(24-12)36-30-18-6/h37-38,48-53,61H,13-36,39-47H2,1-12H3/t48-,49-,50-,51-,52-,53+/m0/s1. The number of phenolic OH excluding ortho intramolecular Hbond substituents is 1. The van der Waals surface area contributed by atoms with Crippen molar-refractivity contribution in [3.05, 3.63) is 28.8 Å². The highest BCUT2D eigenvalue weighted by Gasteiger charge is 2.25. The summed E-state index contributed by atoms with van der Waals surface area (Å²) < 4.78 is 0. The molecule has 0 aliphatic rings. The monoisotopic (exact) mass is 854 g/mol. The zero-order chi connectivity index (χ0) is 45.3. The van der Waals surface area contributed by atoms with E-state index in [2.05, 4.69) is 110 Å². The predicted molar refractivity (Wildman–Crippen MR) is 274 cm³/mol. The summed E-state index contributed by atoms with van der Waals surface area (Å²) in [6.45, 7) is 38.3. The first kappa shape index (κ1) is 57.9. The van der Waals surface area contributed by atoms with Crippen LogP contribution in [0.1, 0.15) is 254 Å². The third-order valence-electron chi connectivity index (χ3n) is 14.9. The van der Waals surface area contributed by atoms with Crippen molar-refractivity contribution in [3.63, 3.8) is 0 Å². The van der Waals surface area contributed by atoms with Gasteiger partial charge in [-0.3, -0.25) is 14.7 Å². The second kappa shape index (κ2) is 37.2. The first-order chi connectivity index (χ1) is 29.6. The van der Waals surface area contributed by atoms with Gasteiger partial charge in [0.1, 0.15) is 5.75 Å². The molecular formula is C57H111N3O. The molecule has 0 aromatic heterocycles. The lowest BCUT2D eigenvalue weighted by molar-refractivity contribution is 0.167. The van der Waals surface area contributed by atoms with Gasteiger partial charge in [0.05, 0.1) is 0 Å². The van der Waals surface area contributed by atoms with E-state index in [1.54, 1.807) is 0 Å². The molecule has 0 radical (unpaired) electrons. The van der Waals surface area contributed by atoms with E-state index in [-0.39, 0.29) is 0 Å². The van der Waals surface area contributed by atoms with Crippen LogP contribution in [0.25, 0.3) is 0 Å². The second-order valence-corrected chi connectivity index (χ2v) is 20.3. The highest BCUT2D eigenvalue weighted by molar-refractivity contribution is 5.44. The lowest BCUT2D eigenvalue weighted by Gasteiger charge is -2.33. The number of hydrogen-bond acceptors (Lipinski definition) is 4. The van der Waals surface area contributed by atoms with Gasteiger partial charge in [-0.2, -0.15) is 0 Å². The van der Waals surface area contributed by atoms with Gasteiger partial charge in [0, 0.05) is 70.0 Å². The normalized spacial score (nSPS) is 15.2. The number of aromatic hydroxyl groups is 1. The first-order valence-electron chi connectivity index (χ1n) is 27.6. The number of hydrogen-bond donors (Lipinski definition) is 1. The average Bonchev–Trinajstić information content (AvgIpc) is 3.27. The molecule has 0 saturated heterocycles. The maximum atomic E-state index is 12.7. The lowest BCUT2D eigenvalue weighted by atomic mass is 9.93. The van der Waals surface area contributed by atoms with Gasteiger partial charge in [0.25, 0.3) is 0 Å². The van der Waals surface area contributed by atoms with Crippen LogP contribution in [0.4, 0.5) is 0 Å². The van der Waals surface area contributed by atoms with Crippen LogP contribution in [-0.4, -0.2) is 59.1 Å². The maximum Gasteiger partial charge on any atom is 0.124 e. The Balaban J connectivity index is 3.97. The molecule has 61 heavy (non-hydrogen) atoms. The SMILES string of the molecule is CCCC[C@@H](CC)CN(Cc1cc(CN(C[C@@H](CC)CCCC)C[C@@H](CC)CCCC)cc(CN(C[C@@H](CC)CCCC)C[C@@H](CC)CCCC)c1O)C[C@@H](CC)CCCC. The van der Waals surface area contributed by atoms with Crippen LogP contribution in [-0.2, 0) is 19.6 Å². The minimum Gasteiger partial charge on any atom is -0.507 e. The molecule has 4 heteroatoms. The molecule has 1 aromatic rings. The third-order valence-corrected chi connectivity index (χ3v) is 14.9. The molecule has 0 bridgehead atoms. The molecule has 0 heterocycles. The van der Waals surface area contributed by atoms with Crippen LogP contribution in [0.2, 0.25) is 0 Å². The Labute approximate surface area is 384 Å². The molecule has 4 nitrogen and oxygen atoms in total. The van der Waals surface area contributed by atoms with Crippen LogP contribution >= 0.6 is 0 Å². The second-order valence-electron chi connectivity index (χ2n) is 20.3. The summed E-state index contributed by atoms with van der Waals surface area (Å²) in [5.41, 5.74) is 3.82. The highest BCUT2D eigenvalue weighted by Crippen LogP contribution is 2.32. The number of rotatable bonds is 42. The fraction of sp³-hybridized carbons (Fsp3) is 0.895. The van der Waals surface area contributed by atoms with Crippen molar-refractivity contribution in [2.24, 2.45) is 35.5 Å². The maximum absolute atomic E-state index is 12.7. The molecule has 0 aliphatic heterocycles. The number of unbranched alkanes of at least 4 members (excludes halogenated alkanes) is 6. The van der Waals surface area contributed by atoms with E-state index < -0.39 is 0 Å². The summed E-state index contributed by atoms with van der Waals surface area (Å²) in [5, 5.41) is 12.7. The molecule has 1 N–H and O–H groups in total. The van der Waals surface area contributed by atoms with Crippen molar-refractivity contribution in [2.45, 2.75) is 257 Å². The smallest absolute Gasteiger partial charge is 0.124 e. The van der Waals surface area contributed by atoms with Gasteiger partial charge >= 0.3 is 0 Å². The summed E-state index contributed by atoms with van der Waals surface area (Å²) in [5.74, 6) is 4.95. The van der Waals surface area contributed by atoms with Crippen LogP contribution in [0.3, 0.4) is 0 Å². The van der Waals surface area contributed by atoms with Crippen LogP contribution in [0, 0.1) is 35.5 Å². The molecule has 1 rings (SSSR count). The van der Waals surface area contributed by atoms with E-state index in [4.69, 9.17) is 0 Å². The first-order valence-corrected chi connectivity index (χ1v) is 27.6. The van der Waals surface area contributed by atoms with E-state index in [9.17, 15) is 5.11 Å². The molecule has 360 valence electrons. The van der Waals surface area contributed by atoms with E-state index in [1.165, 1.54) is 184 Å². The van der Waals surface area contributed by atoms with Gasteiger partial charge in [-0.05, 0) is 91.7 Å². The van der Waals surface area contributed by atoms with Crippen molar-refractivity contribution in [1.82, 2.24) is 14.7 Å². The van der Waals surface area contributed by atoms with Crippen molar-refractivity contribution in [1.29, 1.82) is 0 Å². The van der Waals surface area contributed by atoms with E-state index >= 15 is 0 Å². The Kier molecular flexibility index (Phi) is 35.3. The van der Waals surface area contributed by atoms with Crippen LogP contribution in [0.5, 0.6) is 5.75 Å². The van der Waals surface area contributed by atoms with E-state index in [0.717, 1.165) is 57.6 Å². The number of nitrogens with zero attached hydrogens (tertiary/aromatic N) is 3. The summed E-state index contributed by atoms with van der Waals surface area (Å²) in [4.78, 5) is 8.48. The molecule has 0 aliphatic carbocycles. The van der Waals surface area contributed by atoms with Crippen molar-refractivity contribution >= 4 is 0 Å². The third kappa shape index (κ3) is 25.3. The van der Waals surface area contributed by atoms with Gasteiger partial charge in [-0.1, -0.05) is 199 Å². The fourth-order valence-corrected chi connectivity index (χ4v) is 10.2. The molecule has 0 spiro atoms. The molecule has 0 fully saturated rings.